The van der Waals surface area contributed by atoms with Crippen molar-refractivity contribution in [2.24, 2.45) is 0 Å². The molecule has 2 amide bonds. The second-order valence-corrected chi connectivity index (χ2v) is 6.36. The molecule has 2 rings (SSSR count). The van der Waals surface area contributed by atoms with Crippen molar-refractivity contribution in [3.63, 3.8) is 0 Å². The lowest BCUT2D eigenvalue weighted by Gasteiger charge is -2.13. The molecule has 138 valence electrons. The largest absolute Gasteiger partial charge is 0.376 e. The van der Waals surface area contributed by atoms with Crippen molar-refractivity contribution in [2.45, 2.75) is 33.6 Å². The minimum atomic E-state index is -0.156. The van der Waals surface area contributed by atoms with Gasteiger partial charge in [-0.1, -0.05) is 37.6 Å². The molecular formula is C21H27N3O2. The molecule has 0 unspecified atom stereocenters. The molecule has 0 aliphatic carbocycles. The van der Waals surface area contributed by atoms with Crippen LogP contribution in [0.2, 0.25) is 0 Å². The summed E-state index contributed by atoms with van der Waals surface area (Å²) in [7, 11) is 0. The predicted octanol–water partition coefficient (Wildman–Crippen LogP) is 3.88. The SMILES string of the molecule is CCCCNC(=O)c1cccc(NC(=O)CNc2c(C)cccc2C)c1. The molecule has 0 aromatic heterocycles. The molecule has 0 aliphatic heterocycles. The van der Waals surface area contributed by atoms with E-state index in [1.54, 1.807) is 24.3 Å². The third kappa shape index (κ3) is 5.62. The maximum absolute atomic E-state index is 12.2. The Labute approximate surface area is 155 Å². The number of rotatable bonds is 8. The lowest BCUT2D eigenvalue weighted by Crippen LogP contribution is -2.25. The summed E-state index contributed by atoms with van der Waals surface area (Å²) in [6.45, 7) is 6.92. The average molecular weight is 353 g/mol. The quantitative estimate of drug-likeness (QED) is 0.631. The maximum Gasteiger partial charge on any atom is 0.251 e. The zero-order chi connectivity index (χ0) is 18.9. The topological polar surface area (TPSA) is 70.2 Å². The monoisotopic (exact) mass is 353 g/mol. The lowest BCUT2D eigenvalue weighted by molar-refractivity contribution is -0.114. The van der Waals surface area contributed by atoms with Crippen LogP contribution in [-0.2, 0) is 4.79 Å². The zero-order valence-corrected chi connectivity index (χ0v) is 15.7. The van der Waals surface area contributed by atoms with Gasteiger partial charge in [0.15, 0.2) is 0 Å². The van der Waals surface area contributed by atoms with Gasteiger partial charge in [0.1, 0.15) is 0 Å². The first-order chi connectivity index (χ1) is 12.5. The summed E-state index contributed by atoms with van der Waals surface area (Å²) >= 11 is 0. The van der Waals surface area contributed by atoms with Crippen LogP contribution in [0.3, 0.4) is 0 Å². The highest BCUT2D eigenvalue weighted by molar-refractivity contribution is 5.98. The summed E-state index contributed by atoms with van der Waals surface area (Å²) in [4.78, 5) is 24.3. The van der Waals surface area contributed by atoms with Gasteiger partial charge in [-0.3, -0.25) is 9.59 Å². The minimum absolute atomic E-state index is 0.122. The van der Waals surface area contributed by atoms with Gasteiger partial charge < -0.3 is 16.0 Å². The molecule has 0 saturated heterocycles. The van der Waals surface area contributed by atoms with Gasteiger partial charge in [-0.15, -0.1) is 0 Å². The number of unbranched alkanes of at least 4 members (excludes halogenated alkanes) is 1. The molecule has 0 radical (unpaired) electrons. The fourth-order valence-electron chi connectivity index (χ4n) is 2.69. The number of carbonyl (C=O) groups is 2. The summed E-state index contributed by atoms with van der Waals surface area (Å²) in [6.07, 6.45) is 1.98. The minimum Gasteiger partial charge on any atom is -0.376 e. The molecular weight excluding hydrogens is 326 g/mol. The highest BCUT2D eigenvalue weighted by Crippen LogP contribution is 2.19. The van der Waals surface area contributed by atoms with Crippen LogP contribution in [0.1, 0.15) is 41.3 Å². The Morgan fingerprint density at radius 1 is 1.00 bits per heavy atom. The van der Waals surface area contributed by atoms with Crippen molar-refractivity contribution < 1.29 is 9.59 Å². The van der Waals surface area contributed by atoms with Crippen molar-refractivity contribution in [3.05, 3.63) is 59.2 Å². The first-order valence-corrected chi connectivity index (χ1v) is 8.99. The third-order valence-electron chi connectivity index (χ3n) is 4.13. The van der Waals surface area contributed by atoms with Gasteiger partial charge in [0.25, 0.3) is 5.91 Å². The Morgan fingerprint density at radius 3 is 2.38 bits per heavy atom. The number of amides is 2. The summed E-state index contributed by atoms with van der Waals surface area (Å²) in [6, 6.07) is 13.0. The summed E-state index contributed by atoms with van der Waals surface area (Å²) < 4.78 is 0. The van der Waals surface area contributed by atoms with Crippen molar-refractivity contribution in [2.75, 3.05) is 23.7 Å². The van der Waals surface area contributed by atoms with Crippen LogP contribution in [0, 0.1) is 13.8 Å². The van der Waals surface area contributed by atoms with E-state index < -0.39 is 0 Å². The van der Waals surface area contributed by atoms with Gasteiger partial charge >= 0.3 is 0 Å². The molecule has 0 atom stereocenters. The molecule has 0 heterocycles. The predicted molar refractivity (Wildman–Crippen MR) is 107 cm³/mol. The van der Waals surface area contributed by atoms with Crippen LogP contribution in [0.15, 0.2) is 42.5 Å². The van der Waals surface area contributed by atoms with Crippen molar-refractivity contribution in [3.8, 4) is 0 Å². The van der Waals surface area contributed by atoms with Crippen LogP contribution in [0.25, 0.3) is 0 Å². The van der Waals surface area contributed by atoms with Crippen molar-refractivity contribution in [1.82, 2.24) is 5.32 Å². The van der Waals surface area contributed by atoms with Gasteiger partial charge in [0.05, 0.1) is 6.54 Å². The molecule has 5 heteroatoms. The fraction of sp³-hybridized carbons (Fsp3) is 0.333. The van der Waals surface area contributed by atoms with Crippen LogP contribution >= 0.6 is 0 Å². The lowest BCUT2D eigenvalue weighted by atomic mass is 10.1. The first kappa shape index (κ1) is 19.5. The zero-order valence-electron chi connectivity index (χ0n) is 15.7. The van der Waals surface area contributed by atoms with Crippen molar-refractivity contribution in [1.29, 1.82) is 0 Å². The number of aryl methyl sites for hydroxylation is 2. The molecule has 5 nitrogen and oxygen atoms in total. The van der Waals surface area contributed by atoms with E-state index in [1.165, 1.54) is 0 Å². The number of nitrogens with one attached hydrogen (secondary N) is 3. The maximum atomic E-state index is 12.2. The molecule has 26 heavy (non-hydrogen) atoms. The molecule has 0 spiro atoms. The van der Waals surface area contributed by atoms with E-state index in [2.05, 4.69) is 22.9 Å². The van der Waals surface area contributed by atoms with E-state index in [-0.39, 0.29) is 18.4 Å². The Kier molecular flexibility index (Phi) is 7.21. The molecule has 3 N–H and O–H groups in total. The van der Waals surface area contributed by atoms with E-state index >= 15 is 0 Å². The van der Waals surface area contributed by atoms with Gasteiger partial charge in [-0.05, 0) is 49.6 Å². The molecule has 0 saturated carbocycles. The number of para-hydroxylation sites is 1. The fourth-order valence-corrected chi connectivity index (χ4v) is 2.69. The van der Waals surface area contributed by atoms with E-state index in [9.17, 15) is 9.59 Å². The number of anilines is 2. The van der Waals surface area contributed by atoms with Gasteiger partial charge in [-0.2, -0.15) is 0 Å². The second-order valence-electron chi connectivity index (χ2n) is 6.36. The third-order valence-corrected chi connectivity index (χ3v) is 4.13. The van der Waals surface area contributed by atoms with Crippen LogP contribution in [0.5, 0.6) is 0 Å². The molecule has 2 aromatic rings. The number of carbonyl (C=O) groups excluding carboxylic acids is 2. The Balaban J connectivity index is 1.92. The van der Waals surface area contributed by atoms with Crippen LogP contribution < -0.4 is 16.0 Å². The number of benzene rings is 2. The molecule has 0 aliphatic rings. The second kappa shape index (κ2) is 9.61. The number of hydrogen-bond donors (Lipinski definition) is 3. The van der Waals surface area contributed by atoms with Gasteiger partial charge in [-0.25, -0.2) is 0 Å². The van der Waals surface area contributed by atoms with Crippen LogP contribution in [0.4, 0.5) is 11.4 Å². The normalized spacial score (nSPS) is 10.3. The van der Waals surface area contributed by atoms with E-state index in [4.69, 9.17) is 0 Å². The smallest absolute Gasteiger partial charge is 0.251 e. The molecule has 0 fully saturated rings. The summed E-state index contributed by atoms with van der Waals surface area (Å²) in [5.41, 5.74) is 4.34. The summed E-state index contributed by atoms with van der Waals surface area (Å²) in [5.74, 6) is -0.278. The first-order valence-electron chi connectivity index (χ1n) is 8.99. The highest BCUT2D eigenvalue weighted by atomic mass is 16.2. The Hall–Kier alpha value is -2.82. The van der Waals surface area contributed by atoms with Gasteiger partial charge in [0, 0.05) is 23.5 Å². The van der Waals surface area contributed by atoms with Crippen molar-refractivity contribution >= 4 is 23.2 Å². The van der Waals surface area contributed by atoms with Gasteiger partial charge in [0.2, 0.25) is 5.91 Å². The number of hydrogen-bond acceptors (Lipinski definition) is 3. The van der Waals surface area contributed by atoms with Crippen LogP contribution in [-0.4, -0.2) is 24.9 Å². The Bertz CT molecular complexity index is 751. The standard InChI is InChI=1S/C21H27N3O2/c1-4-5-12-22-21(26)17-10-7-11-18(13-17)24-19(25)14-23-20-15(2)8-6-9-16(20)3/h6-11,13,23H,4-5,12,14H2,1-3H3,(H,22,26)(H,24,25). The molecule has 2 aromatic carbocycles. The summed E-state index contributed by atoms with van der Waals surface area (Å²) in [5, 5.41) is 8.89. The van der Waals surface area contributed by atoms with E-state index in [1.807, 2.05) is 32.0 Å². The average Bonchev–Trinajstić information content (AvgIpc) is 2.61. The Morgan fingerprint density at radius 2 is 1.69 bits per heavy atom. The highest BCUT2D eigenvalue weighted by Gasteiger charge is 2.08. The van der Waals surface area contributed by atoms with E-state index in [0.717, 1.165) is 29.7 Å². The molecule has 0 bridgehead atoms. The van der Waals surface area contributed by atoms with E-state index in [0.29, 0.717) is 17.8 Å².